The van der Waals surface area contributed by atoms with Crippen molar-refractivity contribution in [3.63, 3.8) is 0 Å². The average Bonchev–Trinajstić information content (AvgIpc) is 3.04. The molecule has 1 amide bonds. The highest BCUT2D eigenvalue weighted by atomic mass is 32.2. The smallest absolute Gasteiger partial charge is 0.305 e. The molecule has 1 fully saturated rings. The third-order valence-corrected chi connectivity index (χ3v) is 6.75. The molecule has 0 bridgehead atoms. The second-order valence-electron chi connectivity index (χ2n) is 8.08. The van der Waals surface area contributed by atoms with Gasteiger partial charge in [-0.1, -0.05) is 101 Å². The Balaban J connectivity index is 1.65. The lowest BCUT2D eigenvalue weighted by Crippen LogP contribution is -2.30. The molecule has 7 heteroatoms. The second-order valence-corrected chi connectivity index (χ2v) is 9.75. The summed E-state index contributed by atoms with van der Waals surface area (Å²) in [6, 6.07) is 7.65. The average molecular weight is 478 g/mol. The molecule has 0 spiro atoms. The van der Waals surface area contributed by atoms with Crippen molar-refractivity contribution >= 4 is 46.3 Å². The molecule has 1 N–H and O–H groups in total. The maximum absolute atomic E-state index is 12.5. The largest absolute Gasteiger partial charge is 0.494 e. The van der Waals surface area contributed by atoms with Crippen LogP contribution in [0.1, 0.15) is 83.1 Å². The Morgan fingerprint density at radius 1 is 1.03 bits per heavy atom. The van der Waals surface area contributed by atoms with E-state index in [2.05, 4.69) is 6.92 Å². The Kier molecular flexibility index (Phi) is 12.4. The summed E-state index contributed by atoms with van der Waals surface area (Å²) < 4.78 is 6.24. The molecule has 5 nitrogen and oxygen atoms in total. The lowest BCUT2D eigenvalue weighted by atomic mass is 10.1. The van der Waals surface area contributed by atoms with Crippen molar-refractivity contribution in [2.75, 3.05) is 13.2 Å². The molecule has 0 aliphatic carbocycles. The van der Waals surface area contributed by atoms with Gasteiger partial charge in [-0.15, -0.1) is 0 Å². The zero-order valence-corrected chi connectivity index (χ0v) is 20.6. The molecule has 2 rings (SSSR count). The number of carbonyl (C=O) groups is 2. The monoisotopic (exact) mass is 477 g/mol. The number of unbranched alkanes of at least 4 members (excludes halogenated alkanes) is 9. The molecule has 0 atom stereocenters. The molecule has 1 aliphatic heterocycles. The van der Waals surface area contributed by atoms with E-state index in [1.54, 1.807) is 6.08 Å². The highest BCUT2D eigenvalue weighted by Gasteiger charge is 2.31. The van der Waals surface area contributed by atoms with Gasteiger partial charge in [-0.25, -0.2) is 0 Å². The fourth-order valence-corrected chi connectivity index (χ4v) is 4.80. The first-order chi connectivity index (χ1) is 15.5. The van der Waals surface area contributed by atoms with E-state index in [4.69, 9.17) is 22.1 Å². The fraction of sp³-hybridized carbons (Fsp3) is 0.560. The molecule has 32 heavy (non-hydrogen) atoms. The van der Waals surface area contributed by atoms with Crippen molar-refractivity contribution in [2.24, 2.45) is 0 Å². The number of thiocarbonyl (C=S) groups is 1. The number of aliphatic carboxylic acids is 1. The number of benzene rings is 1. The van der Waals surface area contributed by atoms with Gasteiger partial charge in [-0.05, 0) is 30.2 Å². The number of carboxylic acids is 1. The Morgan fingerprint density at radius 3 is 2.22 bits per heavy atom. The van der Waals surface area contributed by atoms with Crippen LogP contribution >= 0.6 is 24.0 Å². The number of hydrogen-bond donors (Lipinski definition) is 1. The van der Waals surface area contributed by atoms with E-state index < -0.39 is 5.97 Å². The molecule has 1 aromatic rings. The number of nitrogens with zero attached hydrogens (tertiary/aromatic N) is 1. The topological polar surface area (TPSA) is 66.8 Å². The van der Waals surface area contributed by atoms with Gasteiger partial charge in [-0.3, -0.25) is 14.5 Å². The van der Waals surface area contributed by atoms with Gasteiger partial charge in [0.2, 0.25) is 0 Å². The number of thioether (sulfide) groups is 1. The molecule has 1 heterocycles. The number of carbonyl (C=O) groups excluding carboxylic acids is 1. The van der Waals surface area contributed by atoms with E-state index in [-0.39, 0.29) is 18.9 Å². The molecule has 1 saturated heterocycles. The Bertz CT molecular complexity index is 777. The fourth-order valence-electron chi connectivity index (χ4n) is 3.49. The molecule has 0 aromatic heterocycles. The third kappa shape index (κ3) is 9.74. The lowest BCUT2D eigenvalue weighted by Gasteiger charge is -2.12. The number of carboxylic acid groups (broad SMARTS) is 1. The predicted molar refractivity (Wildman–Crippen MR) is 136 cm³/mol. The first kappa shape index (κ1) is 26.4. The number of amides is 1. The van der Waals surface area contributed by atoms with Gasteiger partial charge in [0.1, 0.15) is 10.1 Å². The van der Waals surface area contributed by atoms with Crippen molar-refractivity contribution in [1.29, 1.82) is 0 Å². The van der Waals surface area contributed by atoms with Crippen LogP contribution in [0.25, 0.3) is 6.08 Å². The van der Waals surface area contributed by atoms with Gasteiger partial charge >= 0.3 is 5.97 Å². The van der Waals surface area contributed by atoms with E-state index in [0.717, 1.165) is 24.3 Å². The summed E-state index contributed by atoms with van der Waals surface area (Å²) >= 11 is 6.42. The summed E-state index contributed by atoms with van der Waals surface area (Å²) in [6.07, 6.45) is 14.7. The minimum absolute atomic E-state index is 0.100. The maximum atomic E-state index is 12.5. The van der Waals surface area contributed by atoms with Crippen molar-refractivity contribution < 1.29 is 19.4 Å². The number of ether oxygens (including phenoxy) is 1. The van der Waals surface area contributed by atoms with Gasteiger partial charge in [0, 0.05) is 6.54 Å². The van der Waals surface area contributed by atoms with Crippen LogP contribution in [0, 0.1) is 0 Å². The standard InChI is InChI=1S/C25H35NO4S2/c1-2-3-4-5-6-7-8-9-10-11-18-30-21-14-12-20(13-15-21)19-22-24(29)26(25(31)32-22)17-16-23(27)28/h12-15,19H,2-11,16-18H2,1H3,(H,27,28)/b22-19+. The Morgan fingerprint density at radius 2 is 1.62 bits per heavy atom. The van der Waals surface area contributed by atoms with Crippen LogP contribution in [0.3, 0.4) is 0 Å². The number of rotatable bonds is 16. The Hall–Kier alpha value is -1.86. The zero-order chi connectivity index (χ0) is 23.2. The Labute approximate surface area is 201 Å². The van der Waals surface area contributed by atoms with Crippen LogP contribution in [-0.4, -0.2) is 39.4 Å². The van der Waals surface area contributed by atoms with E-state index in [9.17, 15) is 9.59 Å². The van der Waals surface area contributed by atoms with Crippen molar-refractivity contribution in [3.8, 4) is 5.75 Å². The van der Waals surface area contributed by atoms with Crippen LogP contribution < -0.4 is 4.74 Å². The van der Waals surface area contributed by atoms with Crippen LogP contribution in [0.15, 0.2) is 29.2 Å². The first-order valence-corrected chi connectivity index (χ1v) is 12.9. The SMILES string of the molecule is CCCCCCCCCCCCOc1ccc(/C=C2/SC(=S)N(CCC(=O)O)C2=O)cc1. The summed E-state index contributed by atoms with van der Waals surface area (Å²) in [5.41, 5.74) is 0.884. The van der Waals surface area contributed by atoms with Gasteiger partial charge in [0.05, 0.1) is 17.9 Å². The molecular weight excluding hydrogens is 442 g/mol. The van der Waals surface area contributed by atoms with Crippen molar-refractivity contribution in [2.45, 2.75) is 77.6 Å². The second kappa shape index (κ2) is 15.1. The summed E-state index contributed by atoms with van der Waals surface area (Å²) in [6.45, 7) is 3.07. The predicted octanol–water partition coefficient (Wildman–Crippen LogP) is 6.66. The van der Waals surface area contributed by atoms with Gasteiger partial charge in [0.25, 0.3) is 5.91 Å². The summed E-state index contributed by atoms with van der Waals surface area (Å²) in [5, 5.41) is 8.82. The minimum atomic E-state index is -0.948. The van der Waals surface area contributed by atoms with Crippen LogP contribution in [0.2, 0.25) is 0 Å². The third-order valence-electron chi connectivity index (χ3n) is 5.37. The lowest BCUT2D eigenvalue weighted by molar-refractivity contribution is -0.137. The summed E-state index contributed by atoms with van der Waals surface area (Å²) in [4.78, 5) is 25.1. The van der Waals surface area contributed by atoms with E-state index in [1.807, 2.05) is 24.3 Å². The molecule has 1 aromatic carbocycles. The number of hydrogen-bond acceptors (Lipinski definition) is 5. The molecule has 0 saturated carbocycles. The van der Waals surface area contributed by atoms with E-state index >= 15 is 0 Å². The van der Waals surface area contributed by atoms with Crippen LogP contribution in [-0.2, 0) is 9.59 Å². The van der Waals surface area contributed by atoms with E-state index in [1.165, 1.54) is 74.4 Å². The first-order valence-electron chi connectivity index (χ1n) is 11.7. The van der Waals surface area contributed by atoms with Crippen LogP contribution in [0.4, 0.5) is 0 Å². The highest BCUT2D eigenvalue weighted by Crippen LogP contribution is 2.32. The maximum Gasteiger partial charge on any atom is 0.305 e. The highest BCUT2D eigenvalue weighted by molar-refractivity contribution is 8.26. The summed E-state index contributed by atoms with van der Waals surface area (Å²) in [5.74, 6) is -0.356. The van der Waals surface area contributed by atoms with Gasteiger partial charge < -0.3 is 9.84 Å². The minimum Gasteiger partial charge on any atom is -0.494 e. The zero-order valence-electron chi connectivity index (χ0n) is 19.0. The van der Waals surface area contributed by atoms with Gasteiger partial charge in [-0.2, -0.15) is 0 Å². The normalized spacial score (nSPS) is 15.0. The molecular formula is C25H35NO4S2. The summed E-state index contributed by atoms with van der Waals surface area (Å²) in [7, 11) is 0. The van der Waals surface area contributed by atoms with E-state index in [0.29, 0.717) is 9.23 Å². The van der Waals surface area contributed by atoms with Crippen molar-refractivity contribution in [1.82, 2.24) is 4.90 Å². The molecule has 0 unspecified atom stereocenters. The van der Waals surface area contributed by atoms with Crippen LogP contribution in [0.5, 0.6) is 5.75 Å². The molecule has 176 valence electrons. The molecule has 0 radical (unpaired) electrons. The van der Waals surface area contributed by atoms with Gasteiger partial charge in [0.15, 0.2) is 0 Å². The molecule has 1 aliphatic rings. The quantitative estimate of drug-likeness (QED) is 0.163. The van der Waals surface area contributed by atoms with Crippen molar-refractivity contribution in [3.05, 3.63) is 34.7 Å².